The van der Waals surface area contributed by atoms with E-state index in [0.717, 1.165) is 53.6 Å². The molecule has 0 atom stereocenters. The molecule has 0 N–H and O–H groups in total. The number of hydrogen-bond donors (Lipinski definition) is 0. The van der Waals surface area contributed by atoms with Crippen LogP contribution in [0.15, 0.2) is 42.7 Å². The molecule has 5 rings (SSSR count). The summed E-state index contributed by atoms with van der Waals surface area (Å²) in [5, 5.41) is 3.96. The third-order valence-electron chi connectivity index (χ3n) is 5.84. The van der Waals surface area contributed by atoms with E-state index in [1.807, 2.05) is 12.1 Å². The first-order valence-corrected chi connectivity index (χ1v) is 10.2. The Bertz CT molecular complexity index is 1240. The Balaban J connectivity index is 1.35. The molecule has 1 fully saturated rings. The van der Waals surface area contributed by atoms with Gasteiger partial charge < -0.3 is 0 Å². The van der Waals surface area contributed by atoms with E-state index in [2.05, 4.69) is 31.0 Å². The third kappa shape index (κ3) is 3.85. The number of aromatic nitrogens is 5. The number of aryl methyl sites for hydroxylation is 1. The molecule has 1 aliphatic heterocycles. The van der Waals surface area contributed by atoms with Crippen molar-refractivity contribution in [1.29, 1.82) is 0 Å². The lowest BCUT2D eigenvalue weighted by molar-refractivity contribution is -0.142. The maximum absolute atomic E-state index is 13.6. The number of rotatable bonds is 3. The van der Waals surface area contributed by atoms with Crippen LogP contribution in [0.2, 0.25) is 0 Å². The van der Waals surface area contributed by atoms with Crippen LogP contribution >= 0.6 is 0 Å². The van der Waals surface area contributed by atoms with Crippen molar-refractivity contribution < 1.29 is 13.2 Å². The summed E-state index contributed by atoms with van der Waals surface area (Å²) < 4.78 is 41.7. The van der Waals surface area contributed by atoms with E-state index in [0.29, 0.717) is 11.4 Å². The van der Waals surface area contributed by atoms with Crippen LogP contribution in [0, 0.1) is 6.92 Å². The Labute approximate surface area is 176 Å². The Hall–Kier alpha value is -3.07. The Morgan fingerprint density at radius 2 is 1.84 bits per heavy atom. The minimum absolute atomic E-state index is 0.00938. The van der Waals surface area contributed by atoms with Crippen LogP contribution in [0.25, 0.3) is 16.7 Å². The fourth-order valence-electron chi connectivity index (χ4n) is 4.33. The van der Waals surface area contributed by atoms with Crippen molar-refractivity contribution in [3.05, 3.63) is 65.4 Å². The number of alkyl halides is 3. The minimum Gasteiger partial charge on any atom is -0.299 e. The van der Waals surface area contributed by atoms with Gasteiger partial charge in [0.05, 0.1) is 16.7 Å². The van der Waals surface area contributed by atoms with Crippen molar-refractivity contribution >= 4 is 16.7 Å². The SMILES string of the molecule is Cc1cc2nc(C3CCN(Cc4cccc5nccnc45)CC3)cc(C(F)(F)F)n2n1. The predicted octanol–water partition coefficient (Wildman–Crippen LogP) is 4.38. The maximum atomic E-state index is 13.6. The largest absolute Gasteiger partial charge is 0.433 e. The lowest BCUT2D eigenvalue weighted by atomic mass is 9.92. The fourth-order valence-corrected chi connectivity index (χ4v) is 4.33. The average Bonchev–Trinajstić information content (AvgIpc) is 3.13. The number of para-hydroxylation sites is 1. The second-order valence-corrected chi connectivity index (χ2v) is 8.01. The summed E-state index contributed by atoms with van der Waals surface area (Å²) >= 11 is 0. The number of benzene rings is 1. The zero-order valence-corrected chi connectivity index (χ0v) is 17.0. The molecule has 9 heteroatoms. The average molecular weight is 426 g/mol. The summed E-state index contributed by atoms with van der Waals surface area (Å²) in [7, 11) is 0. The van der Waals surface area contributed by atoms with Crippen molar-refractivity contribution in [1.82, 2.24) is 29.5 Å². The van der Waals surface area contributed by atoms with Crippen LogP contribution in [0.3, 0.4) is 0 Å². The van der Waals surface area contributed by atoms with Crippen LogP contribution in [0.5, 0.6) is 0 Å². The van der Waals surface area contributed by atoms with E-state index in [1.165, 1.54) is 6.07 Å². The van der Waals surface area contributed by atoms with Crippen LogP contribution in [-0.2, 0) is 12.7 Å². The number of fused-ring (bicyclic) bond motifs is 2. The quantitative estimate of drug-likeness (QED) is 0.487. The Kier molecular flexibility index (Phi) is 4.85. The van der Waals surface area contributed by atoms with Crippen LogP contribution < -0.4 is 0 Å². The maximum Gasteiger partial charge on any atom is 0.433 e. The van der Waals surface area contributed by atoms with Gasteiger partial charge in [-0.1, -0.05) is 12.1 Å². The summed E-state index contributed by atoms with van der Waals surface area (Å²) in [6, 6.07) is 8.73. The normalized spacial score (nSPS) is 16.4. The van der Waals surface area contributed by atoms with Crippen LogP contribution in [0.1, 0.15) is 41.4 Å². The molecule has 31 heavy (non-hydrogen) atoms. The molecule has 160 valence electrons. The molecule has 1 saturated heterocycles. The summed E-state index contributed by atoms with van der Waals surface area (Å²) in [4.78, 5) is 15.6. The first-order chi connectivity index (χ1) is 14.9. The summed E-state index contributed by atoms with van der Waals surface area (Å²) in [6.45, 7) is 3.98. The van der Waals surface area contributed by atoms with E-state index >= 15 is 0 Å². The van der Waals surface area contributed by atoms with Gasteiger partial charge in [-0.15, -0.1) is 0 Å². The van der Waals surface area contributed by atoms with E-state index in [-0.39, 0.29) is 11.6 Å². The van der Waals surface area contributed by atoms with Gasteiger partial charge >= 0.3 is 6.18 Å². The highest BCUT2D eigenvalue weighted by Crippen LogP contribution is 2.34. The molecule has 6 nitrogen and oxygen atoms in total. The van der Waals surface area contributed by atoms with Gasteiger partial charge in [-0.3, -0.25) is 14.9 Å². The van der Waals surface area contributed by atoms with Crippen molar-refractivity contribution in [2.24, 2.45) is 0 Å². The molecule has 0 bridgehead atoms. The van der Waals surface area contributed by atoms with Gasteiger partial charge in [0.15, 0.2) is 5.65 Å². The van der Waals surface area contributed by atoms with Crippen LogP contribution in [0.4, 0.5) is 13.2 Å². The van der Waals surface area contributed by atoms with Gasteiger partial charge in [-0.2, -0.15) is 18.3 Å². The number of halogens is 3. The van der Waals surface area contributed by atoms with Crippen molar-refractivity contribution in [2.75, 3.05) is 13.1 Å². The van der Waals surface area contributed by atoms with Crippen molar-refractivity contribution in [3.63, 3.8) is 0 Å². The minimum atomic E-state index is -4.48. The molecule has 0 spiro atoms. The first kappa shape index (κ1) is 19.9. The molecular weight excluding hydrogens is 405 g/mol. The van der Waals surface area contributed by atoms with Crippen molar-refractivity contribution in [3.8, 4) is 0 Å². The lowest BCUT2D eigenvalue weighted by Gasteiger charge is -2.32. The highest BCUT2D eigenvalue weighted by atomic mass is 19.4. The topological polar surface area (TPSA) is 59.2 Å². The van der Waals surface area contributed by atoms with E-state index in [9.17, 15) is 13.2 Å². The highest BCUT2D eigenvalue weighted by molar-refractivity contribution is 5.77. The summed E-state index contributed by atoms with van der Waals surface area (Å²) in [5.74, 6) is -0.00938. The zero-order valence-electron chi connectivity index (χ0n) is 17.0. The standard InChI is InChI=1S/C22H21F3N6/c1-14-11-20-28-18(12-19(22(23,24)25)31(20)29-14)15-5-9-30(10-6-15)13-16-3-2-4-17-21(16)27-8-7-26-17/h2-4,7-8,11-12,15H,5-6,9-10,13H2,1H3. The van der Waals surface area contributed by atoms with Crippen molar-refractivity contribution in [2.45, 2.75) is 38.4 Å². The molecular formula is C22H21F3N6. The second kappa shape index (κ2) is 7.56. The smallest absolute Gasteiger partial charge is 0.299 e. The van der Waals surface area contributed by atoms with Gasteiger partial charge in [-0.05, 0) is 50.6 Å². The molecule has 1 aromatic carbocycles. The van der Waals surface area contributed by atoms with Gasteiger partial charge in [0.2, 0.25) is 0 Å². The number of hydrogen-bond acceptors (Lipinski definition) is 5. The number of piperidine rings is 1. The van der Waals surface area contributed by atoms with Crippen LogP contribution in [-0.4, -0.2) is 42.6 Å². The number of likely N-dealkylation sites (tertiary alicyclic amines) is 1. The zero-order chi connectivity index (χ0) is 21.6. The van der Waals surface area contributed by atoms with E-state index in [1.54, 1.807) is 25.4 Å². The first-order valence-electron chi connectivity index (χ1n) is 10.2. The predicted molar refractivity (Wildman–Crippen MR) is 110 cm³/mol. The molecule has 4 heterocycles. The molecule has 1 aliphatic rings. The summed E-state index contributed by atoms with van der Waals surface area (Å²) in [6.07, 6.45) is 0.396. The summed E-state index contributed by atoms with van der Waals surface area (Å²) in [5.41, 5.74) is 3.36. The Morgan fingerprint density at radius 3 is 2.61 bits per heavy atom. The highest BCUT2D eigenvalue weighted by Gasteiger charge is 2.36. The molecule has 0 aliphatic carbocycles. The Morgan fingerprint density at radius 1 is 1.06 bits per heavy atom. The van der Waals surface area contributed by atoms with E-state index < -0.39 is 11.9 Å². The second-order valence-electron chi connectivity index (χ2n) is 8.01. The van der Waals surface area contributed by atoms with Gasteiger partial charge in [0, 0.05) is 36.6 Å². The molecule has 0 radical (unpaired) electrons. The number of nitrogens with zero attached hydrogens (tertiary/aromatic N) is 6. The van der Waals surface area contributed by atoms with Gasteiger partial charge in [0.1, 0.15) is 5.69 Å². The molecule has 0 amide bonds. The fraction of sp³-hybridized carbons (Fsp3) is 0.364. The molecule has 4 aromatic rings. The van der Waals surface area contributed by atoms with Gasteiger partial charge in [-0.25, -0.2) is 9.50 Å². The molecule has 0 saturated carbocycles. The third-order valence-corrected chi connectivity index (χ3v) is 5.84. The lowest BCUT2D eigenvalue weighted by Crippen LogP contribution is -2.33. The van der Waals surface area contributed by atoms with E-state index in [4.69, 9.17) is 0 Å². The monoisotopic (exact) mass is 426 g/mol. The molecule has 3 aromatic heterocycles. The molecule has 0 unspecified atom stereocenters. The van der Waals surface area contributed by atoms with Gasteiger partial charge in [0.25, 0.3) is 0 Å².